The van der Waals surface area contributed by atoms with Crippen molar-refractivity contribution in [1.82, 2.24) is 10.3 Å². The van der Waals surface area contributed by atoms with Gasteiger partial charge in [-0.3, -0.25) is 0 Å². The van der Waals surface area contributed by atoms with E-state index in [0.717, 1.165) is 39.0 Å². The molecule has 0 aromatic carbocycles. The average Bonchev–Trinajstić information content (AvgIpc) is 2.80. The summed E-state index contributed by atoms with van der Waals surface area (Å²) in [7, 11) is 0. The van der Waals surface area contributed by atoms with Crippen LogP contribution in [0.2, 0.25) is 0 Å². The minimum atomic E-state index is 0.524. The van der Waals surface area contributed by atoms with Crippen molar-refractivity contribution in [1.29, 1.82) is 0 Å². The molecular formula is C16H28N2OS. The molecule has 0 atom stereocenters. The predicted octanol–water partition coefficient (Wildman–Crippen LogP) is 3.73. The highest BCUT2D eigenvalue weighted by molar-refractivity contribution is 7.11. The Balaban J connectivity index is 2.12. The van der Waals surface area contributed by atoms with E-state index in [1.54, 1.807) is 0 Å². The van der Waals surface area contributed by atoms with E-state index in [1.807, 2.05) is 11.3 Å². The Labute approximate surface area is 127 Å². The zero-order valence-electron chi connectivity index (χ0n) is 13.2. The Hall–Kier alpha value is -0.450. The summed E-state index contributed by atoms with van der Waals surface area (Å²) < 4.78 is 5.47. The molecule has 1 aliphatic rings. The Morgan fingerprint density at radius 3 is 2.55 bits per heavy atom. The van der Waals surface area contributed by atoms with E-state index >= 15 is 0 Å². The summed E-state index contributed by atoms with van der Waals surface area (Å²) in [6.45, 7) is 11.7. The lowest BCUT2D eigenvalue weighted by atomic mass is 10.0. The van der Waals surface area contributed by atoms with Gasteiger partial charge >= 0.3 is 0 Å². The quantitative estimate of drug-likeness (QED) is 0.868. The molecule has 0 bridgehead atoms. The topological polar surface area (TPSA) is 34.1 Å². The summed E-state index contributed by atoms with van der Waals surface area (Å²) in [5.74, 6) is 1.28. The van der Waals surface area contributed by atoms with Crippen molar-refractivity contribution < 1.29 is 4.74 Å². The number of nitrogens with zero attached hydrogens (tertiary/aromatic N) is 1. The van der Waals surface area contributed by atoms with Crippen molar-refractivity contribution in [3.8, 4) is 0 Å². The Morgan fingerprint density at radius 1 is 1.25 bits per heavy atom. The molecule has 1 aromatic heterocycles. The number of aromatic nitrogens is 1. The summed E-state index contributed by atoms with van der Waals surface area (Å²) in [6.07, 6.45) is 3.35. The van der Waals surface area contributed by atoms with Crippen LogP contribution in [0.4, 0.5) is 0 Å². The van der Waals surface area contributed by atoms with Gasteiger partial charge in [0.15, 0.2) is 0 Å². The minimum Gasteiger partial charge on any atom is -0.381 e. The minimum absolute atomic E-state index is 0.524. The van der Waals surface area contributed by atoms with E-state index in [2.05, 4.69) is 33.0 Å². The maximum absolute atomic E-state index is 5.47. The van der Waals surface area contributed by atoms with Crippen LogP contribution >= 0.6 is 11.3 Å². The average molecular weight is 296 g/mol. The Bertz CT molecular complexity index is 409. The van der Waals surface area contributed by atoms with Crippen molar-refractivity contribution >= 4 is 11.3 Å². The Kier molecular flexibility index (Phi) is 6.00. The van der Waals surface area contributed by atoms with Crippen LogP contribution < -0.4 is 5.32 Å². The highest BCUT2D eigenvalue weighted by Crippen LogP contribution is 2.32. The highest BCUT2D eigenvalue weighted by atomic mass is 32.1. The van der Waals surface area contributed by atoms with Crippen LogP contribution in [0.1, 0.15) is 62.0 Å². The molecule has 1 fully saturated rings. The van der Waals surface area contributed by atoms with Crippen LogP contribution in [0.5, 0.6) is 0 Å². The second-order valence-electron chi connectivity index (χ2n) is 6.44. The van der Waals surface area contributed by atoms with Crippen molar-refractivity contribution in [2.45, 2.75) is 65.5 Å². The molecule has 0 spiro atoms. The van der Waals surface area contributed by atoms with Crippen molar-refractivity contribution in [3.05, 3.63) is 15.6 Å². The number of ether oxygens (including phenoxy) is 1. The number of rotatable bonds is 6. The summed E-state index contributed by atoms with van der Waals surface area (Å²) >= 11 is 1.92. The molecule has 20 heavy (non-hydrogen) atoms. The zero-order valence-corrected chi connectivity index (χ0v) is 14.1. The summed E-state index contributed by atoms with van der Waals surface area (Å²) in [5.41, 5.74) is 1.32. The maximum atomic E-state index is 5.47. The fourth-order valence-electron chi connectivity index (χ4n) is 2.50. The molecular weight excluding hydrogens is 268 g/mol. The first-order valence-corrected chi connectivity index (χ1v) is 8.67. The second-order valence-corrected chi connectivity index (χ2v) is 7.56. The normalized spacial score (nSPS) is 17.3. The lowest BCUT2D eigenvalue weighted by molar-refractivity contribution is 0.0852. The third kappa shape index (κ3) is 4.54. The predicted molar refractivity (Wildman–Crippen MR) is 85.4 cm³/mol. The largest absolute Gasteiger partial charge is 0.381 e. The molecule has 3 nitrogen and oxygen atoms in total. The first kappa shape index (κ1) is 15.9. The number of hydrogen-bond donors (Lipinski definition) is 1. The molecule has 1 aromatic rings. The Morgan fingerprint density at radius 2 is 1.95 bits per heavy atom. The second kappa shape index (κ2) is 7.53. The SMILES string of the molecule is CC(C)Cc1nc(C2CCOCC2)sc1CNC(C)C. The summed E-state index contributed by atoms with van der Waals surface area (Å²) in [5, 5.41) is 4.87. The van der Waals surface area contributed by atoms with Gasteiger partial charge in [-0.25, -0.2) is 4.98 Å². The summed E-state index contributed by atoms with van der Waals surface area (Å²) in [4.78, 5) is 6.41. The van der Waals surface area contributed by atoms with Crippen LogP contribution in [0.15, 0.2) is 0 Å². The van der Waals surface area contributed by atoms with Crippen molar-refractivity contribution in [3.63, 3.8) is 0 Å². The number of thiazole rings is 1. The molecule has 2 heterocycles. The lowest BCUT2D eigenvalue weighted by Crippen LogP contribution is -2.22. The van der Waals surface area contributed by atoms with Crippen LogP contribution in [-0.4, -0.2) is 24.2 Å². The van der Waals surface area contributed by atoms with Gasteiger partial charge in [-0.15, -0.1) is 11.3 Å². The molecule has 1 N–H and O–H groups in total. The van der Waals surface area contributed by atoms with Crippen LogP contribution in [-0.2, 0) is 17.7 Å². The third-order valence-corrected chi connectivity index (χ3v) is 4.90. The van der Waals surface area contributed by atoms with Gasteiger partial charge in [-0.1, -0.05) is 27.7 Å². The van der Waals surface area contributed by atoms with Crippen LogP contribution in [0.25, 0.3) is 0 Å². The van der Waals surface area contributed by atoms with Gasteiger partial charge in [0.2, 0.25) is 0 Å². The number of hydrogen-bond acceptors (Lipinski definition) is 4. The van der Waals surface area contributed by atoms with Gasteiger partial charge in [-0.05, 0) is 25.2 Å². The fraction of sp³-hybridized carbons (Fsp3) is 0.812. The molecule has 0 saturated carbocycles. The maximum Gasteiger partial charge on any atom is 0.0964 e. The molecule has 2 rings (SSSR count). The standard InChI is InChI=1S/C16H28N2OS/c1-11(2)9-14-15(10-17-12(3)4)20-16(18-14)13-5-7-19-8-6-13/h11-13,17H,5-10H2,1-4H3. The molecule has 4 heteroatoms. The first-order valence-electron chi connectivity index (χ1n) is 7.85. The van der Waals surface area contributed by atoms with E-state index < -0.39 is 0 Å². The zero-order chi connectivity index (χ0) is 14.5. The molecule has 1 aliphatic heterocycles. The van der Waals surface area contributed by atoms with E-state index in [4.69, 9.17) is 9.72 Å². The fourth-order valence-corrected chi connectivity index (χ4v) is 3.72. The molecule has 114 valence electrons. The summed E-state index contributed by atoms with van der Waals surface area (Å²) in [6, 6.07) is 0.524. The third-order valence-electron chi connectivity index (χ3n) is 3.64. The van der Waals surface area contributed by atoms with E-state index in [0.29, 0.717) is 17.9 Å². The van der Waals surface area contributed by atoms with Gasteiger partial charge in [0, 0.05) is 36.6 Å². The molecule has 1 saturated heterocycles. The van der Waals surface area contributed by atoms with Crippen LogP contribution in [0.3, 0.4) is 0 Å². The van der Waals surface area contributed by atoms with Gasteiger partial charge in [-0.2, -0.15) is 0 Å². The van der Waals surface area contributed by atoms with Gasteiger partial charge in [0.25, 0.3) is 0 Å². The van der Waals surface area contributed by atoms with Crippen molar-refractivity contribution in [2.75, 3.05) is 13.2 Å². The van der Waals surface area contributed by atoms with Gasteiger partial charge in [0.1, 0.15) is 0 Å². The smallest absolute Gasteiger partial charge is 0.0964 e. The van der Waals surface area contributed by atoms with E-state index in [9.17, 15) is 0 Å². The molecule has 0 aliphatic carbocycles. The monoisotopic (exact) mass is 296 g/mol. The van der Waals surface area contributed by atoms with E-state index in [-0.39, 0.29) is 0 Å². The van der Waals surface area contributed by atoms with E-state index in [1.165, 1.54) is 15.6 Å². The highest BCUT2D eigenvalue weighted by Gasteiger charge is 2.22. The molecule has 0 amide bonds. The molecule has 0 radical (unpaired) electrons. The van der Waals surface area contributed by atoms with Gasteiger partial charge in [0.05, 0.1) is 10.7 Å². The van der Waals surface area contributed by atoms with Crippen molar-refractivity contribution in [2.24, 2.45) is 5.92 Å². The van der Waals surface area contributed by atoms with Crippen LogP contribution in [0, 0.1) is 5.92 Å². The lowest BCUT2D eigenvalue weighted by Gasteiger charge is -2.19. The first-order chi connectivity index (χ1) is 9.56. The molecule has 0 unspecified atom stereocenters. The van der Waals surface area contributed by atoms with Gasteiger partial charge < -0.3 is 10.1 Å². The number of nitrogens with one attached hydrogen (secondary N) is 1.